The number of unbranched alkanes of at least 4 members (excludes halogenated alkanes) is 1. The second-order valence-corrected chi connectivity index (χ2v) is 5.98. The zero-order chi connectivity index (χ0) is 18.9. The molecule has 2 aromatic rings. The lowest BCUT2D eigenvalue weighted by Crippen LogP contribution is -2.25. The SMILES string of the molecule is CCCC=CCOc1cccc(CNC(=O)c2cc(CC)nn2C)c1F. The van der Waals surface area contributed by atoms with Crippen molar-refractivity contribution in [1.29, 1.82) is 0 Å². The van der Waals surface area contributed by atoms with E-state index in [4.69, 9.17) is 4.74 Å². The Bertz CT molecular complexity index is 768. The van der Waals surface area contributed by atoms with Gasteiger partial charge in [-0.25, -0.2) is 4.39 Å². The van der Waals surface area contributed by atoms with Crippen LogP contribution >= 0.6 is 0 Å². The lowest BCUT2D eigenvalue weighted by molar-refractivity contribution is 0.0941. The second-order valence-electron chi connectivity index (χ2n) is 5.98. The number of hydrogen-bond acceptors (Lipinski definition) is 3. The number of benzene rings is 1. The van der Waals surface area contributed by atoms with Crippen LogP contribution in [0.25, 0.3) is 0 Å². The summed E-state index contributed by atoms with van der Waals surface area (Å²) in [5.74, 6) is -0.546. The Morgan fingerprint density at radius 3 is 2.85 bits per heavy atom. The number of carbonyl (C=O) groups is 1. The maximum Gasteiger partial charge on any atom is 0.269 e. The lowest BCUT2D eigenvalue weighted by Gasteiger charge is -2.10. The summed E-state index contributed by atoms with van der Waals surface area (Å²) in [5, 5.41) is 6.98. The first-order valence-corrected chi connectivity index (χ1v) is 8.93. The minimum atomic E-state index is -0.448. The van der Waals surface area contributed by atoms with Gasteiger partial charge in [-0.3, -0.25) is 9.48 Å². The maximum atomic E-state index is 14.5. The third-order valence-electron chi connectivity index (χ3n) is 3.97. The zero-order valence-electron chi connectivity index (χ0n) is 15.6. The molecular formula is C20H26FN3O2. The summed E-state index contributed by atoms with van der Waals surface area (Å²) < 4.78 is 21.5. The number of halogens is 1. The van der Waals surface area contributed by atoms with E-state index in [1.165, 1.54) is 4.68 Å². The molecule has 0 saturated carbocycles. The van der Waals surface area contributed by atoms with Gasteiger partial charge in [0.25, 0.3) is 5.91 Å². The predicted octanol–water partition coefficient (Wildman–Crippen LogP) is 3.79. The number of amides is 1. The fourth-order valence-corrected chi connectivity index (χ4v) is 2.47. The van der Waals surface area contributed by atoms with Crippen molar-refractivity contribution in [2.75, 3.05) is 6.61 Å². The summed E-state index contributed by atoms with van der Waals surface area (Å²) >= 11 is 0. The van der Waals surface area contributed by atoms with Crippen LogP contribution in [-0.2, 0) is 20.0 Å². The van der Waals surface area contributed by atoms with Gasteiger partial charge in [-0.1, -0.05) is 44.6 Å². The summed E-state index contributed by atoms with van der Waals surface area (Å²) in [6.07, 6.45) is 6.69. The molecule has 0 aliphatic carbocycles. The first-order valence-electron chi connectivity index (χ1n) is 8.93. The molecule has 0 aliphatic heterocycles. The molecule has 1 N–H and O–H groups in total. The number of aryl methyl sites for hydroxylation is 2. The Labute approximate surface area is 153 Å². The van der Waals surface area contributed by atoms with Gasteiger partial charge in [0, 0.05) is 19.2 Å². The molecule has 5 nitrogen and oxygen atoms in total. The largest absolute Gasteiger partial charge is 0.486 e. The van der Waals surface area contributed by atoms with Gasteiger partial charge in [-0.05, 0) is 25.0 Å². The number of hydrogen-bond donors (Lipinski definition) is 1. The second kappa shape index (κ2) is 9.75. The van der Waals surface area contributed by atoms with Gasteiger partial charge in [0.15, 0.2) is 11.6 Å². The molecule has 0 bridgehead atoms. The molecule has 26 heavy (non-hydrogen) atoms. The van der Waals surface area contributed by atoms with Crippen LogP contribution in [0.15, 0.2) is 36.4 Å². The van der Waals surface area contributed by atoms with Crippen molar-refractivity contribution in [2.24, 2.45) is 7.05 Å². The van der Waals surface area contributed by atoms with E-state index in [9.17, 15) is 9.18 Å². The number of allylic oxidation sites excluding steroid dienone is 1. The normalized spacial score (nSPS) is 11.1. The van der Waals surface area contributed by atoms with E-state index < -0.39 is 5.82 Å². The van der Waals surface area contributed by atoms with Crippen LogP contribution < -0.4 is 10.1 Å². The van der Waals surface area contributed by atoms with Crippen molar-refractivity contribution in [2.45, 2.75) is 39.7 Å². The third kappa shape index (κ3) is 5.18. The Kier molecular flexibility index (Phi) is 7.38. The Balaban J connectivity index is 1.97. The highest BCUT2D eigenvalue weighted by atomic mass is 19.1. The Hall–Kier alpha value is -2.63. The molecule has 140 valence electrons. The molecule has 0 aliphatic rings. The van der Waals surface area contributed by atoms with Crippen LogP contribution in [0.4, 0.5) is 4.39 Å². The van der Waals surface area contributed by atoms with E-state index in [1.807, 2.05) is 19.1 Å². The van der Waals surface area contributed by atoms with Crippen molar-refractivity contribution in [3.63, 3.8) is 0 Å². The van der Waals surface area contributed by atoms with E-state index in [0.717, 1.165) is 25.0 Å². The van der Waals surface area contributed by atoms with Gasteiger partial charge in [-0.2, -0.15) is 5.10 Å². The fraction of sp³-hybridized carbons (Fsp3) is 0.400. The van der Waals surface area contributed by atoms with Crippen LogP contribution in [0.1, 0.15) is 48.4 Å². The van der Waals surface area contributed by atoms with Gasteiger partial charge in [0.2, 0.25) is 0 Å². The molecule has 0 fully saturated rings. The molecule has 1 aromatic carbocycles. The molecule has 0 spiro atoms. The van der Waals surface area contributed by atoms with Crippen molar-refractivity contribution in [3.8, 4) is 5.75 Å². The minimum absolute atomic E-state index is 0.0835. The Morgan fingerprint density at radius 2 is 2.15 bits per heavy atom. The van der Waals surface area contributed by atoms with Crippen molar-refractivity contribution in [3.05, 3.63) is 59.2 Å². The van der Waals surface area contributed by atoms with Gasteiger partial charge in [0.1, 0.15) is 12.3 Å². The van der Waals surface area contributed by atoms with Crippen LogP contribution in [0.3, 0.4) is 0 Å². The van der Waals surface area contributed by atoms with E-state index >= 15 is 0 Å². The van der Waals surface area contributed by atoms with E-state index in [1.54, 1.807) is 31.3 Å². The van der Waals surface area contributed by atoms with Crippen LogP contribution in [0.5, 0.6) is 5.75 Å². The summed E-state index contributed by atoms with van der Waals surface area (Å²) in [6.45, 7) is 4.47. The van der Waals surface area contributed by atoms with Crippen molar-refractivity contribution in [1.82, 2.24) is 15.1 Å². The highest BCUT2D eigenvalue weighted by Crippen LogP contribution is 2.20. The molecule has 6 heteroatoms. The summed E-state index contributed by atoms with van der Waals surface area (Å²) in [6, 6.07) is 6.68. The Morgan fingerprint density at radius 1 is 1.35 bits per heavy atom. The number of nitrogens with zero attached hydrogens (tertiary/aromatic N) is 2. The molecule has 2 rings (SSSR count). The lowest BCUT2D eigenvalue weighted by atomic mass is 10.2. The topological polar surface area (TPSA) is 56.1 Å². The van der Waals surface area contributed by atoms with E-state index in [2.05, 4.69) is 17.3 Å². The quantitative estimate of drug-likeness (QED) is 0.693. The highest BCUT2D eigenvalue weighted by Gasteiger charge is 2.14. The number of rotatable bonds is 9. The molecular weight excluding hydrogens is 333 g/mol. The number of carbonyl (C=O) groups excluding carboxylic acids is 1. The molecule has 0 atom stereocenters. The molecule has 1 amide bonds. The van der Waals surface area contributed by atoms with Gasteiger partial charge in [0.05, 0.1) is 5.69 Å². The van der Waals surface area contributed by atoms with Crippen LogP contribution in [0, 0.1) is 5.82 Å². The van der Waals surface area contributed by atoms with E-state index in [-0.39, 0.29) is 18.2 Å². The van der Waals surface area contributed by atoms with E-state index in [0.29, 0.717) is 17.9 Å². The summed E-state index contributed by atoms with van der Waals surface area (Å²) in [7, 11) is 1.72. The third-order valence-corrected chi connectivity index (χ3v) is 3.97. The molecule has 1 heterocycles. The molecule has 0 unspecified atom stereocenters. The van der Waals surface area contributed by atoms with Gasteiger partial charge < -0.3 is 10.1 Å². The standard InChI is InChI=1S/C20H26FN3O2/c1-4-6-7-8-12-26-18-11-9-10-15(19(18)21)14-22-20(25)17-13-16(5-2)23-24(17)3/h7-11,13H,4-6,12,14H2,1-3H3,(H,22,25). The van der Waals surface area contributed by atoms with Crippen molar-refractivity contribution < 1.29 is 13.9 Å². The van der Waals surface area contributed by atoms with Crippen LogP contribution in [0.2, 0.25) is 0 Å². The zero-order valence-corrected chi connectivity index (χ0v) is 15.6. The van der Waals surface area contributed by atoms with Crippen LogP contribution in [-0.4, -0.2) is 22.3 Å². The smallest absolute Gasteiger partial charge is 0.269 e. The number of aromatic nitrogens is 2. The minimum Gasteiger partial charge on any atom is -0.486 e. The first kappa shape index (κ1) is 19.7. The molecule has 0 radical (unpaired) electrons. The molecule has 0 saturated heterocycles. The fourth-order valence-electron chi connectivity index (χ4n) is 2.47. The van der Waals surface area contributed by atoms with Gasteiger partial charge in [-0.15, -0.1) is 0 Å². The number of ether oxygens (including phenoxy) is 1. The van der Waals surface area contributed by atoms with Crippen molar-refractivity contribution >= 4 is 5.91 Å². The predicted molar refractivity (Wildman–Crippen MR) is 99.7 cm³/mol. The average Bonchev–Trinajstić information content (AvgIpc) is 3.02. The monoisotopic (exact) mass is 359 g/mol. The highest BCUT2D eigenvalue weighted by molar-refractivity contribution is 5.92. The summed E-state index contributed by atoms with van der Waals surface area (Å²) in [4.78, 5) is 12.3. The first-order chi connectivity index (χ1) is 12.6. The van der Waals surface area contributed by atoms with Gasteiger partial charge >= 0.3 is 0 Å². The molecule has 1 aromatic heterocycles. The summed E-state index contributed by atoms with van der Waals surface area (Å²) in [5.41, 5.74) is 1.68. The number of nitrogens with one attached hydrogen (secondary N) is 1. The maximum absolute atomic E-state index is 14.5. The average molecular weight is 359 g/mol.